The molecule has 3 aromatic heterocycles. The molecule has 3 heterocycles. The molecule has 0 saturated carbocycles. The van der Waals surface area contributed by atoms with Gasteiger partial charge in [0.25, 0.3) is 5.91 Å². The van der Waals surface area contributed by atoms with Crippen molar-refractivity contribution >= 4 is 22.5 Å². The number of aromatic nitrogens is 4. The van der Waals surface area contributed by atoms with E-state index < -0.39 is 0 Å². The Balaban J connectivity index is 1.75. The van der Waals surface area contributed by atoms with Crippen molar-refractivity contribution in [2.75, 3.05) is 5.32 Å². The lowest BCUT2D eigenvalue weighted by atomic mass is 10.1. The number of aryl methyl sites for hydroxylation is 2. The van der Waals surface area contributed by atoms with Gasteiger partial charge in [0.2, 0.25) is 0 Å². The average Bonchev–Trinajstić information content (AvgIpc) is 3.21. The molecule has 8 heteroatoms. The highest BCUT2D eigenvalue weighted by molar-refractivity contribution is 6.12. The first-order valence-corrected chi connectivity index (χ1v) is 7.86. The summed E-state index contributed by atoms with van der Waals surface area (Å²) in [6.45, 7) is 3.47. The van der Waals surface area contributed by atoms with Crippen LogP contribution in [0.5, 0.6) is 0 Å². The summed E-state index contributed by atoms with van der Waals surface area (Å²) >= 11 is 0. The molecule has 0 fully saturated rings. The van der Waals surface area contributed by atoms with Gasteiger partial charge < -0.3 is 9.84 Å². The molecule has 0 atom stereocenters. The van der Waals surface area contributed by atoms with Crippen LogP contribution in [0.2, 0.25) is 0 Å². The molecule has 1 amide bonds. The van der Waals surface area contributed by atoms with E-state index in [9.17, 15) is 9.18 Å². The highest BCUT2D eigenvalue weighted by atomic mass is 19.1. The fourth-order valence-corrected chi connectivity index (χ4v) is 2.75. The molecule has 1 aromatic carbocycles. The van der Waals surface area contributed by atoms with Crippen LogP contribution in [-0.2, 0) is 0 Å². The Morgan fingerprint density at radius 2 is 1.92 bits per heavy atom. The number of pyridine rings is 1. The van der Waals surface area contributed by atoms with Gasteiger partial charge in [-0.25, -0.2) is 9.07 Å². The quantitative estimate of drug-likeness (QED) is 0.611. The first-order chi connectivity index (χ1) is 12.5. The molecule has 4 aromatic rings. The number of nitrogens with zero attached hydrogens (tertiary/aromatic N) is 4. The van der Waals surface area contributed by atoms with Crippen LogP contribution in [0.25, 0.3) is 16.6 Å². The lowest BCUT2D eigenvalue weighted by Crippen LogP contribution is -2.13. The number of nitrogens with one attached hydrogen (secondary N) is 1. The number of benzene rings is 1. The molecule has 130 valence electrons. The zero-order chi connectivity index (χ0) is 18.3. The predicted octanol–water partition coefficient (Wildman–Crippen LogP) is 3.42. The van der Waals surface area contributed by atoms with Crippen LogP contribution in [0.15, 0.2) is 47.4 Å². The minimum absolute atomic E-state index is 0.331. The van der Waals surface area contributed by atoms with Gasteiger partial charge in [0.1, 0.15) is 17.2 Å². The fourth-order valence-electron chi connectivity index (χ4n) is 2.75. The normalized spacial score (nSPS) is 11.0. The number of anilines is 1. The molecule has 0 aliphatic rings. The van der Waals surface area contributed by atoms with Crippen molar-refractivity contribution in [3.05, 3.63) is 65.7 Å². The van der Waals surface area contributed by atoms with Crippen LogP contribution >= 0.6 is 0 Å². The van der Waals surface area contributed by atoms with Crippen LogP contribution in [0.1, 0.15) is 21.8 Å². The molecular formula is C18H14FN5O2. The van der Waals surface area contributed by atoms with E-state index in [4.69, 9.17) is 4.52 Å². The minimum atomic E-state index is -0.337. The smallest absolute Gasteiger partial charge is 0.258 e. The summed E-state index contributed by atoms with van der Waals surface area (Å²) in [5.74, 6) is -0.142. The van der Waals surface area contributed by atoms with E-state index in [1.165, 1.54) is 18.3 Å². The van der Waals surface area contributed by atoms with Crippen molar-refractivity contribution in [1.29, 1.82) is 0 Å². The van der Waals surface area contributed by atoms with Crippen molar-refractivity contribution in [3.63, 3.8) is 0 Å². The second-order valence-corrected chi connectivity index (χ2v) is 5.81. The highest BCUT2D eigenvalue weighted by Gasteiger charge is 2.18. The van der Waals surface area contributed by atoms with Gasteiger partial charge in [0, 0.05) is 11.6 Å². The first-order valence-electron chi connectivity index (χ1n) is 7.86. The van der Waals surface area contributed by atoms with E-state index in [1.54, 1.807) is 43.1 Å². The monoisotopic (exact) mass is 351 g/mol. The number of carbonyl (C=O) groups excluding carboxylic acids is 1. The molecule has 0 aliphatic carbocycles. The number of hydrogen-bond acceptors (Lipinski definition) is 5. The summed E-state index contributed by atoms with van der Waals surface area (Å²) in [6.07, 6.45) is 4.67. The van der Waals surface area contributed by atoms with Gasteiger partial charge >= 0.3 is 0 Å². The summed E-state index contributed by atoms with van der Waals surface area (Å²) in [5.41, 5.74) is 2.82. The van der Waals surface area contributed by atoms with Crippen molar-refractivity contribution < 1.29 is 13.7 Å². The van der Waals surface area contributed by atoms with Gasteiger partial charge in [-0.05, 0) is 38.1 Å². The van der Waals surface area contributed by atoms with Gasteiger partial charge in [0.15, 0.2) is 5.76 Å². The van der Waals surface area contributed by atoms with E-state index in [2.05, 4.69) is 20.6 Å². The van der Waals surface area contributed by atoms with Crippen LogP contribution in [0.4, 0.5) is 10.1 Å². The topological polar surface area (TPSA) is 85.8 Å². The lowest BCUT2D eigenvalue weighted by Gasteiger charge is -2.06. The fraction of sp³-hybridized carbons (Fsp3) is 0.111. The summed E-state index contributed by atoms with van der Waals surface area (Å²) in [7, 11) is 0. The molecule has 1 N–H and O–H groups in total. The van der Waals surface area contributed by atoms with Crippen LogP contribution < -0.4 is 5.32 Å². The average molecular weight is 351 g/mol. The molecular weight excluding hydrogens is 337 g/mol. The summed E-state index contributed by atoms with van der Waals surface area (Å²) < 4.78 is 19.8. The van der Waals surface area contributed by atoms with Crippen molar-refractivity contribution in [2.24, 2.45) is 0 Å². The maximum Gasteiger partial charge on any atom is 0.258 e. The zero-order valence-corrected chi connectivity index (χ0v) is 14.0. The first kappa shape index (κ1) is 15.9. The molecule has 0 bridgehead atoms. The molecule has 4 rings (SSSR count). The van der Waals surface area contributed by atoms with Crippen molar-refractivity contribution in [3.8, 4) is 5.69 Å². The Kier molecular flexibility index (Phi) is 3.72. The SMILES string of the molecule is Cc1noc(C)c1NC(=O)c1cncc2c1cnn2-c1ccc(F)cc1. The van der Waals surface area contributed by atoms with E-state index in [0.29, 0.717) is 39.3 Å². The maximum atomic E-state index is 13.2. The third-order valence-electron chi connectivity index (χ3n) is 4.08. The Morgan fingerprint density at radius 1 is 1.15 bits per heavy atom. The standard InChI is InChI=1S/C18H14FN5O2/c1-10-17(11(2)26-23-10)22-18(25)15-7-20-9-16-14(15)8-21-24(16)13-5-3-12(19)4-6-13/h3-9H,1-2H3,(H,22,25). The van der Waals surface area contributed by atoms with E-state index in [0.717, 1.165) is 0 Å². The minimum Gasteiger partial charge on any atom is -0.359 e. The third kappa shape index (κ3) is 2.61. The number of fused-ring (bicyclic) bond motifs is 1. The van der Waals surface area contributed by atoms with Crippen molar-refractivity contribution in [1.82, 2.24) is 19.9 Å². The van der Waals surface area contributed by atoms with Crippen LogP contribution in [0.3, 0.4) is 0 Å². The second kappa shape index (κ2) is 6.07. The second-order valence-electron chi connectivity index (χ2n) is 5.81. The highest BCUT2D eigenvalue weighted by Crippen LogP contribution is 2.24. The lowest BCUT2D eigenvalue weighted by molar-refractivity contribution is 0.102. The van der Waals surface area contributed by atoms with Crippen molar-refractivity contribution in [2.45, 2.75) is 13.8 Å². The largest absolute Gasteiger partial charge is 0.359 e. The summed E-state index contributed by atoms with van der Waals surface area (Å²) in [6, 6.07) is 5.92. The molecule has 0 unspecified atom stereocenters. The van der Waals surface area contributed by atoms with Gasteiger partial charge in [0.05, 0.1) is 29.2 Å². The third-order valence-corrected chi connectivity index (χ3v) is 4.08. The van der Waals surface area contributed by atoms with Gasteiger partial charge in [-0.1, -0.05) is 5.16 Å². The number of halogens is 1. The van der Waals surface area contributed by atoms with Crippen LogP contribution in [-0.4, -0.2) is 25.8 Å². The Labute approximate surface area is 147 Å². The molecule has 0 aliphatic heterocycles. The number of rotatable bonds is 3. The van der Waals surface area contributed by atoms with Gasteiger partial charge in [-0.2, -0.15) is 5.10 Å². The number of carbonyl (C=O) groups is 1. The maximum absolute atomic E-state index is 13.2. The Bertz CT molecular complexity index is 1100. The Morgan fingerprint density at radius 3 is 2.62 bits per heavy atom. The van der Waals surface area contributed by atoms with Crippen LogP contribution in [0, 0.1) is 19.7 Å². The van der Waals surface area contributed by atoms with E-state index in [1.807, 2.05) is 0 Å². The molecule has 0 saturated heterocycles. The zero-order valence-electron chi connectivity index (χ0n) is 14.0. The number of amides is 1. The Hall–Kier alpha value is -3.55. The van der Waals surface area contributed by atoms with E-state index >= 15 is 0 Å². The van der Waals surface area contributed by atoms with Gasteiger partial charge in [-0.15, -0.1) is 0 Å². The van der Waals surface area contributed by atoms with E-state index in [-0.39, 0.29) is 11.7 Å². The summed E-state index contributed by atoms with van der Waals surface area (Å²) in [5, 5.41) is 11.6. The molecule has 7 nitrogen and oxygen atoms in total. The number of hydrogen-bond donors (Lipinski definition) is 1. The molecule has 0 radical (unpaired) electrons. The predicted molar refractivity (Wildman–Crippen MR) is 92.8 cm³/mol. The molecule has 26 heavy (non-hydrogen) atoms. The molecule has 0 spiro atoms. The van der Waals surface area contributed by atoms with Gasteiger partial charge in [-0.3, -0.25) is 9.78 Å². The summed E-state index contributed by atoms with van der Waals surface area (Å²) in [4.78, 5) is 16.9.